The molecule has 0 bridgehead atoms. The predicted molar refractivity (Wildman–Crippen MR) is 128 cm³/mol. The van der Waals surface area contributed by atoms with Crippen LogP contribution < -0.4 is 15.0 Å². The van der Waals surface area contributed by atoms with E-state index in [1.165, 1.54) is 12.1 Å². The molecular formula is C26H26N2O5. The quantitative estimate of drug-likeness (QED) is 0.581. The van der Waals surface area contributed by atoms with Crippen molar-refractivity contribution in [1.82, 2.24) is 0 Å². The molecule has 0 aromatic heterocycles. The number of carboxylic acids is 1. The lowest BCUT2D eigenvalue weighted by Crippen LogP contribution is -2.36. The van der Waals surface area contributed by atoms with Crippen LogP contribution in [0.5, 0.6) is 5.75 Å². The van der Waals surface area contributed by atoms with Gasteiger partial charge in [0.15, 0.2) is 0 Å². The first-order chi connectivity index (χ1) is 16.0. The molecule has 170 valence electrons. The fourth-order valence-electron chi connectivity index (χ4n) is 3.87. The van der Waals surface area contributed by atoms with E-state index in [9.17, 15) is 9.59 Å². The van der Waals surface area contributed by atoms with Crippen LogP contribution in [0.1, 0.15) is 26.3 Å². The van der Waals surface area contributed by atoms with E-state index in [-0.39, 0.29) is 11.5 Å². The van der Waals surface area contributed by atoms with Gasteiger partial charge in [0.2, 0.25) is 0 Å². The molecule has 0 spiro atoms. The minimum atomic E-state index is -0.989. The largest absolute Gasteiger partial charge is 0.496 e. The van der Waals surface area contributed by atoms with Gasteiger partial charge >= 0.3 is 5.97 Å². The lowest BCUT2D eigenvalue weighted by atomic mass is 10.00. The van der Waals surface area contributed by atoms with Gasteiger partial charge in [-0.25, -0.2) is 4.79 Å². The van der Waals surface area contributed by atoms with Crippen molar-refractivity contribution in [1.29, 1.82) is 0 Å². The van der Waals surface area contributed by atoms with Gasteiger partial charge in [0.05, 0.1) is 25.9 Å². The third-order valence-electron chi connectivity index (χ3n) is 5.74. The molecule has 1 heterocycles. The van der Waals surface area contributed by atoms with E-state index in [2.05, 4.69) is 16.3 Å². The van der Waals surface area contributed by atoms with Crippen LogP contribution in [0.4, 0.5) is 11.4 Å². The monoisotopic (exact) mass is 446 g/mol. The second kappa shape index (κ2) is 9.75. The summed E-state index contributed by atoms with van der Waals surface area (Å²) < 4.78 is 10.9. The number of aromatic carboxylic acids is 1. The molecule has 1 aliphatic heterocycles. The molecule has 3 aromatic rings. The molecule has 7 heteroatoms. The Morgan fingerprint density at radius 1 is 0.970 bits per heavy atom. The summed E-state index contributed by atoms with van der Waals surface area (Å²) in [6, 6.07) is 17.7. The second-order valence-electron chi connectivity index (χ2n) is 7.85. The number of hydrogen-bond donors (Lipinski definition) is 2. The van der Waals surface area contributed by atoms with Crippen LogP contribution in [0, 0.1) is 6.92 Å². The lowest BCUT2D eigenvalue weighted by molar-refractivity contribution is 0.0696. The number of hydrogen-bond acceptors (Lipinski definition) is 5. The van der Waals surface area contributed by atoms with Gasteiger partial charge in [-0.05, 0) is 66.6 Å². The molecule has 1 fully saturated rings. The zero-order valence-corrected chi connectivity index (χ0v) is 18.6. The van der Waals surface area contributed by atoms with E-state index in [1.54, 1.807) is 37.4 Å². The van der Waals surface area contributed by atoms with Crippen LogP contribution in [-0.4, -0.2) is 50.4 Å². The lowest BCUT2D eigenvalue weighted by Gasteiger charge is -2.29. The molecule has 4 rings (SSSR count). The average molecular weight is 447 g/mol. The molecule has 3 aromatic carbocycles. The van der Waals surface area contributed by atoms with Crippen LogP contribution >= 0.6 is 0 Å². The van der Waals surface area contributed by atoms with Gasteiger partial charge < -0.3 is 24.8 Å². The fraction of sp³-hybridized carbons (Fsp3) is 0.231. The summed E-state index contributed by atoms with van der Waals surface area (Å²) in [5.74, 6) is -0.624. The third-order valence-corrected chi connectivity index (χ3v) is 5.74. The Morgan fingerprint density at radius 2 is 1.67 bits per heavy atom. The molecule has 0 aliphatic carbocycles. The standard InChI is InChI=1S/C26H26N2O5/c1-17-15-21(28-11-13-33-14-12-28)8-9-23(17)27-25(29)20-7-10-24(32-2)22(16-20)18-3-5-19(6-4-18)26(30)31/h3-10,15-16H,11-14H2,1-2H3,(H,27,29)(H,30,31). The highest BCUT2D eigenvalue weighted by atomic mass is 16.5. The average Bonchev–Trinajstić information content (AvgIpc) is 2.85. The zero-order valence-electron chi connectivity index (χ0n) is 18.6. The SMILES string of the molecule is COc1ccc(C(=O)Nc2ccc(N3CCOCC3)cc2C)cc1-c1ccc(C(=O)O)cc1. The molecule has 7 nitrogen and oxygen atoms in total. The van der Waals surface area contributed by atoms with Gasteiger partial charge in [-0.2, -0.15) is 0 Å². The summed E-state index contributed by atoms with van der Waals surface area (Å²) >= 11 is 0. The van der Waals surface area contributed by atoms with Gasteiger partial charge in [0, 0.05) is 35.6 Å². The summed E-state index contributed by atoms with van der Waals surface area (Å²) in [7, 11) is 1.56. The number of morpholine rings is 1. The molecule has 0 unspecified atom stereocenters. The van der Waals surface area contributed by atoms with Crippen molar-refractivity contribution in [3.63, 3.8) is 0 Å². The molecular weight excluding hydrogens is 420 g/mol. The second-order valence-corrected chi connectivity index (χ2v) is 7.85. The van der Waals surface area contributed by atoms with Gasteiger partial charge in [-0.3, -0.25) is 4.79 Å². The van der Waals surface area contributed by atoms with Crippen LogP contribution in [-0.2, 0) is 4.74 Å². The zero-order chi connectivity index (χ0) is 23.4. The molecule has 0 radical (unpaired) electrons. The topological polar surface area (TPSA) is 88.1 Å². The number of rotatable bonds is 6. The highest BCUT2D eigenvalue weighted by Crippen LogP contribution is 2.32. The van der Waals surface area contributed by atoms with Gasteiger partial charge in [-0.15, -0.1) is 0 Å². The van der Waals surface area contributed by atoms with Crippen molar-refractivity contribution < 1.29 is 24.2 Å². The maximum absolute atomic E-state index is 13.0. The number of carboxylic acid groups (broad SMARTS) is 1. The Kier molecular flexibility index (Phi) is 6.60. The summed E-state index contributed by atoms with van der Waals surface area (Å²) in [6.45, 7) is 5.12. The molecule has 33 heavy (non-hydrogen) atoms. The first-order valence-electron chi connectivity index (χ1n) is 10.7. The van der Waals surface area contributed by atoms with E-state index in [1.807, 2.05) is 19.1 Å². The number of carbonyl (C=O) groups is 2. The van der Waals surface area contributed by atoms with Crippen molar-refractivity contribution in [2.75, 3.05) is 43.6 Å². The number of nitrogens with one attached hydrogen (secondary N) is 1. The number of methoxy groups -OCH3 is 1. The normalized spacial score (nSPS) is 13.5. The summed E-state index contributed by atoms with van der Waals surface area (Å²) in [4.78, 5) is 26.4. The maximum atomic E-state index is 13.0. The fourth-order valence-corrected chi connectivity index (χ4v) is 3.87. The number of amides is 1. The smallest absolute Gasteiger partial charge is 0.335 e. The molecule has 1 amide bonds. The highest BCUT2D eigenvalue weighted by molar-refractivity contribution is 6.05. The Labute approximate surface area is 192 Å². The number of anilines is 2. The van der Waals surface area contributed by atoms with Crippen LogP contribution in [0.2, 0.25) is 0 Å². The van der Waals surface area contributed by atoms with Crippen molar-refractivity contribution in [2.45, 2.75) is 6.92 Å². The number of benzene rings is 3. The molecule has 0 saturated carbocycles. The van der Waals surface area contributed by atoms with Crippen molar-refractivity contribution in [2.24, 2.45) is 0 Å². The van der Waals surface area contributed by atoms with Crippen LogP contribution in [0.25, 0.3) is 11.1 Å². The maximum Gasteiger partial charge on any atom is 0.335 e. The highest BCUT2D eigenvalue weighted by Gasteiger charge is 2.15. The van der Waals surface area contributed by atoms with E-state index in [4.69, 9.17) is 14.6 Å². The number of aryl methyl sites for hydroxylation is 1. The molecule has 0 atom stereocenters. The van der Waals surface area contributed by atoms with E-state index < -0.39 is 5.97 Å². The number of ether oxygens (including phenoxy) is 2. The van der Waals surface area contributed by atoms with Crippen LogP contribution in [0.3, 0.4) is 0 Å². The van der Waals surface area contributed by atoms with Crippen molar-refractivity contribution in [3.05, 3.63) is 77.4 Å². The minimum absolute atomic E-state index is 0.197. The Bertz CT molecular complexity index is 1170. The van der Waals surface area contributed by atoms with Crippen LogP contribution in [0.15, 0.2) is 60.7 Å². The number of carbonyl (C=O) groups excluding carboxylic acids is 1. The van der Waals surface area contributed by atoms with Gasteiger partial charge in [-0.1, -0.05) is 12.1 Å². The molecule has 2 N–H and O–H groups in total. The van der Waals surface area contributed by atoms with E-state index >= 15 is 0 Å². The van der Waals surface area contributed by atoms with E-state index in [0.717, 1.165) is 48.8 Å². The van der Waals surface area contributed by atoms with E-state index in [0.29, 0.717) is 16.9 Å². The summed E-state index contributed by atoms with van der Waals surface area (Å²) in [5, 5.41) is 12.1. The van der Waals surface area contributed by atoms with Crippen molar-refractivity contribution >= 4 is 23.3 Å². The third kappa shape index (κ3) is 4.99. The number of nitrogens with zero attached hydrogens (tertiary/aromatic N) is 1. The minimum Gasteiger partial charge on any atom is -0.496 e. The Balaban J connectivity index is 1.56. The van der Waals surface area contributed by atoms with Gasteiger partial charge in [0.1, 0.15) is 5.75 Å². The predicted octanol–water partition coefficient (Wildman–Crippen LogP) is 4.46. The molecule has 1 saturated heterocycles. The Hall–Kier alpha value is -3.84. The first-order valence-corrected chi connectivity index (χ1v) is 10.7. The summed E-state index contributed by atoms with van der Waals surface area (Å²) in [5.41, 5.74) is 4.99. The van der Waals surface area contributed by atoms with Crippen molar-refractivity contribution in [3.8, 4) is 16.9 Å². The first kappa shape index (κ1) is 22.4. The van der Waals surface area contributed by atoms with Gasteiger partial charge in [0.25, 0.3) is 5.91 Å². The Morgan fingerprint density at radius 3 is 2.30 bits per heavy atom. The molecule has 1 aliphatic rings. The summed E-state index contributed by atoms with van der Waals surface area (Å²) in [6.07, 6.45) is 0.